The minimum absolute atomic E-state index is 0.0827. The van der Waals surface area contributed by atoms with Crippen molar-refractivity contribution in [1.29, 1.82) is 0 Å². The highest BCUT2D eigenvalue weighted by Crippen LogP contribution is 2.34. The maximum atomic E-state index is 13.3. The van der Waals surface area contributed by atoms with Crippen LogP contribution in [0.1, 0.15) is 91.0 Å². The fourth-order valence-corrected chi connectivity index (χ4v) is 7.23. The predicted octanol–water partition coefficient (Wildman–Crippen LogP) is 10.5. The van der Waals surface area contributed by atoms with E-state index in [1.165, 1.54) is 13.6 Å². The van der Waals surface area contributed by atoms with Crippen LogP contribution in [0.2, 0.25) is 0 Å². The van der Waals surface area contributed by atoms with Crippen LogP contribution in [0.3, 0.4) is 0 Å². The second kappa shape index (κ2) is 27.5. The molecule has 0 saturated heterocycles. The number of aromatic amines is 1. The van der Waals surface area contributed by atoms with Crippen molar-refractivity contribution in [3.05, 3.63) is 162 Å². The van der Waals surface area contributed by atoms with E-state index in [1.54, 1.807) is 121 Å². The minimum atomic E-state index is -0.564. The summed E-state index contributed by atoms with van der Waals surface area (Å²) in [4.78, 5) is 72.3. The zero-order chi connectivity index (χ0) is 56.3. The molecule has 0 bridgehead atoms. The quantitative estimate of drug-likeness (QED) is 0.0182. The number of aromatic nitrogens is 2. The SMILES string of the molecule is CO[C+]=O.COc1ccc2cc(-c3[nH]ncc3Oc3ccc(C(=O)NCCC(=O)OC(C)(C)C)cc3)ccc2c1.Cc1ccc2cc(C(=O)/C(=C/N(C)C)Oc3ccc(C(=O)NCCC(=O)OC(C)(C)C)cc3)ccc2c1. The summed E-state index contributed by atoms with van der Waals surface area (Å²) in [6.45, 7) is 14.4. The average Bonchev–Trinajstić information content (AvgIpc) is 3.85. The number of carbonyl (C=O) groups excluding carboxylic acids is 6. The number of Topliss-reactive ketones (excluding diaryl/α,β-unsaturated/α-hetero) is 1. The summed E-state index contributed by atoms with van der Waals surface area (Å²) >= 11 is 0. The number of hydrogen-bond donors (Lipinski definition) is 3. The van der Waals surface area contributed by atoms with Crippen molar-refractivity contribution in [2.24, 2.45) is 0 Å². The molecule has 0 spiro atoms. The standard InChI is InChI=1S/C30H34N2O5.C28H29N3O5.C2H3O2/c1-20-7-8-23-18-24(10-9-22(23)17-20)28(34)26(19-32(5)6)36-25-13-11-21(12-14-25)29(35)31-16-15-27(33)37-30(2,3)4;1-28(2,3)36-25(32)13-14-29-27(33)18-7-10-22(11-8-18)35-24-17-30-31-26(24)21-6-5-20-16-23(34-4)12-9-19(20)15-21;1-4-2-3/h7-14,17-19H,15-16H2,1-6H3,(H,31,35);5-12,15-17H,13-14H2,1-4H3,(H,29,33)(H,30,31);1H3/q;;+1/b26-19-;;. The van der Waals surface area contributed by atoms with Crippen molar-refractivity contribution in [3.8, 4) is 34.3 Å². The molecule has 17 nitrogen and oxygen atoms in total. The van der Waals surface area contributed by atoms with Crippen LogP contribution in [-0.4, -0.2) is 104 Å². The maximum absolute atomic E-state index is 13.3. The molecule has 402 valence electrons. The minimum Gasteiger partial charge on any atom is -0.497 e. The number of ether oxygens (including phenoxy) is 6. The van der Waals surface area contributed by atoms with E-state index >= 15 is 0 Å². The Bertz CT molecular complexity index is 3190. The van der Waals surface area contributed by atoms with E-state index < -0.39 is 11.2 Å². The number of carbonyl (C=O) groups is 5. The summed E-state index contributed by atoms with van der Waals surface area (Å²) in [6, 6.07) is 36.9. The van der Waals surface area contributed by atoms with E-state index in [9.17, 15) is 24.0 Å². The summed E-state index contributed by atoms with van der Waals surface area (Å²) in [6.07, 6.45) is 3.43. The van der Waals surface area contributed by atoms with Gasteiger partial charge >= 0.3 is 18.4 Å². The van der Waals surface area contributed by atoms with Crippen molar-refractivity contribution in [2.75, 3.05) is 41.4 Å². The van der Waals surface area contributed by atoms with Crippen LogP contribution in [0.15, 0.2) is 139 Å². The number of aryl methyl sites for hydroxylation is 1. The lowest BCUT2D eigenvalue weighted by molar-refractivity contribution is -0.155. The molecular formula is C60H66N5O12+. The number of rotatable bonds is 18. The molecule has 7 rings (SSSR count). The fourth-order valence-electron chi connectivity index (χ4n) is 7.23. The first kappa shape index (κ1) is 58.8. The number of hydrogen-bond acceptors (Lipinski definition) is 14. The van der Waals surface area contributed by atoms with Crippen molar-refractivity contribution in [1.82, 2.24) is 25.7 Å². The molecule has 0 saturated carbocycles. The third kappa shape index (κ3) is 19.0. The van der Waals surface area contributed by atoms with Gasteiger partial charge in [-0.05, 0) is 143 Å². The Morgan fingerprint density at radius 2 is 1.10 bits per heavy atom. The highest BCUT2D eigenvalue weighted by atomic mass is 16.6. The van der Waals surface area contributed by atoms with Crippen molar-refractivity contribution in [3.63, 3.8) is 0 Å². The molecule has 77 heavy (non-hydrogen) atoms. The number of benzene rings is 6. The van der Waals surface area contributed by atoms with Crippen molar-refractivity contribution >= 4 is 57.6 Å². The summed E-state index contributed by atoms with van der Waals surface area (Å²) in [7, 11) is 6.53. The van der Waals surface area contributed by atoms with Gasteiger partial charge in [-0.15, -0.1) is 0 Å². The summed E-state index contributed by atoms with van der Waals surface area (Å²) in [5.41, 5.74) is 3.11. The molecule has 0 aliphatic heterocycles. The maximum Gasteiger partial charge on any atom is 0.796 e. The Labute approximate surface area is 448 Å². The molecule has 1 heterocycles. The predicted molar refractivity (Wildman–Crippen MR) is 295 cm³/mol. The number of ketones is 1. The molecule has 6 aromatic carbocycles. The molecule has 7 aromatic rings. The van der Waals surface area contributed by atoms with E-state index in [-0.39, 0.29) is 61.2 Å². The first-order valence-corrected chi connectivity index (χ1v) is 24.6. The third-order valence-electron chi connectivity index (χ3n) is 10.6. The molecule has 17 heteroatoms. The first-order valence-electron chi connectivity index (χ1n) is 24.6. The monoisotopic (exact) mass is 1050 g/mol. The molecule has 0 unspecified atom stereocenters. The molecule has 0 atom stereocenters. The van der Waals surface area contributed by atoms with Crippen LogP contribution in [0.5, 0.6) is 23.0 Å². The largest absolute Gasteiger partial charge is 0.796 e. The summed E-state index contributed by atoms with van der Waals surface area (Å²) < 4.78 is 31.5. The zero-order valence-electron chi connectivity index (χ0n) is 45.3. The molecular weight excluding hydrogens is 983 g/mol. The number of nitrogens with one attached hydrogen (secondary N) is 3. The number of fused-ring (bicyclic) bond motifs is 2. The van der Waals surface area contributed by atoms with Crippen LogP contribution >= 0.6 is 0 Å². The molecule has 1 aromatic heterocycles. The van der Waals surface area contributed by atoms with Gasteiger partial charge in [-0.25, -0.2) is 4.74 Å². The van der Waals surface area contributed by atoms with E-state index in [4.69, 9.17) is 28.5 Å². The molecule has 0 radical (unpaired) electrons. The third-order valence-corrected chi connectivity index (χ3v) is 10.6. The Morgan fingerprint density at radius 3 is 1.65 bits per heavy atom. The number of allylic oxidation sites excluding steroid dienone is 1. The van der Waals surface area contributed by atoms with Crippen LogP contribution in [0.4, 0.5) is 0 Å². The van der Waals surface area contributed by atoms with E-state index in [1.807, 2.05) is 75.6 Å². The number of esters is 2. The Morgan fingerprint density at radius 1 is 0.623 bits per heavy atom. The van der Waals surface area contributed by atoms with E-state index in [2.05, 4.69) is 37.7 Å². The van der Waals surface area contributed by atoms with Crippen molar-refractivity contribution < 1.29 is 57.2 Å². The van der Waals surface area contributed by atoms with E-state index in [0.29, 0.717) is 33.9 Å². The van der Waals surface area contributed by atoms with Crippen LogP contribution in [-0.2, 0) is 28.6 Å². The zero-order valence-corrected chi connectivity index (χ0v) is 45.3. The number of amides is 2. The first-order chi connectivity index (χ1) is 36.5. The van der Waals surface area contributed by atoms with Gasteiger partial charge in [0.05, 0.1) is 30.9 Å². The summed E-state index contributed by atoms with van der Waals surface area (Å²) in [5.74, 6) is 0.946. The van der Waals surface area contributed by atoms with Gasteiger partial charge in [0.2, 0.25) is 5.78 Å². The van der Waals surface area contributed by atoms with Gasteiger partial charge < -0.3 is 39.2 Å². The van der Waals surface area contributed by atoms with Gasteiger partial charge in [0.1, 0.15) is 41.3 Å². The van der Waals surface area contributed by atoms with Gasteiger partial charge in [0.15, 0.2) is 11.5 Å². The molecule has 0 aliphatic rings. The smallest absolute Gasteiger partial charge is 0.497 e. The highest BCUT2D eigenvalue weighted by molar-refractivity contribution is 6.09. The van der Waals surface area contributed by atoms with Gasteiger partial charge in [0.25, 0.3) is 11.8 Å². The number of methoxy groups -OCH3 is 2. The number of nitrogens with zero attached hydrogens (tertiary/aromatic N) is 2. The average molecular weight is 1050 g/mol. The van der Waals surface area contributed by atoms with Gasteiger partial charge in [-0.3, -0.25) is 29.1 Å². The fraction of sp³-hybridized carbons (Fsp3) is 0.283. The molecule has 0 fully saturated rings. The van der Waals surface area contributed by atoms with Gasteiger partial charge in [-0.2, -0.15) is 5.10 Å². The lowest BCUT2D eigenvalue weighted by Gasteiger charge is -2.19. The van der Waals surface area contributed by atoms with Crippen molar-refractivity contribution in [2.45, 2.75) is 72.5 Å². The number of H-pyrrole nitrogens is 1. The topological polar surface area (TPSA) is 214 Å². The molecule has 2 amide bonds. The van der Waals surface area contributed by atoms with Crippen LogP contribution in [0, 0.1) is 6.92 Å². The van der Waals surface area contributed by atoms with Crippen LogP contribution in [0.25, 0.3) is 32.8 Å². The Kier molecular flexibility index (Phi) is 21.0. The second-order valence-corrected chi connectivity index (χ2v) is 19.6. The lowest BCUT2D eigenvalue weighted by Crippen LogP contribution is -2.29. The molecule has 0 aliphatic carbocycles. The normalized spacial score (nSPS) is 11.1. The molecule has 3 N–H and O–H groups in total. The lowest BCUT2D eigenvalue weighted by atomic mass is 10.0. The second-order valence-electron chi connectivity index (χ2n) is 19.6. The Hall–Kier alpha value is -9.08. The van der Waals surface area contributed by atoms with Crippen LogP contribution < -0.4 is 24.8 Å². The van der Waals surface area contributed by atoms with E-state index in [0.717, 1.165) is 44.1 Å². The van der Waals surface area contributed by atoms with Gasteiger partial charge in [-0.1, -0.05) is 54.1 Å². The van der Waals surface area contributed by atoms with Gasteiger partial charge in [0, 0.05) is 55.6 Å². The summed E-state index contributed by atoms with van der Waals surface area (Å²) in [5, 5.41) is 16.8. The highest BCUT2D eigenvalue weighted by Gasteiger charge is 2.20. The Balaban J connectivity index is 0.000000266.